The normalized spacial score (nSPS) is 11.3. The first-order valence-corrected chi connectivity index (χ1v) is 5.73. The van der Waals surface area contributed by atoms with Gasteiger partial charge in [-0.05, 0) is 35.9 Å². The van der Waals surface area contributed by atoms with Gasteiger partial charge in [0.1, 0.15) is 0 Å². The molecule has 0 heterocycles. The van der Waals surface area contributed by atoms with Gasteiger partial charge in [0.2, 0.25) is 5.29 Å². The highest BCUT2D eigenvalue weighted by Gasteiger charge is 2.12. The second-order valence-corrected chi connectivity index (χ2v) is 3.84. The summed E-state index contributed by atoms with van der Waals surface area (Å²) in [6.45, 7) is 0. The highest BCUT2D eigenvalue weighted by molar-refractivity contribution is 6.68. The highest BCUT2D eigenvalue weighted by atomic mass is 35.5. The zero-order valence-corrected chi connectivity index (χ0v) is 10.3. The SMILES string of the molecule is CN=C(Cl)N(c1ccccc1)c1ccccc1. The molecular weight excluding hydrogens is 232 g/mol. The second-order valence-electron chi connectivity index (χ2n) is 3.50. The van der Waals surface area contributed by atoms with Crippen molar-refractivity contribution in [2.75, 3.05) is 11.9 Å². The first kappa shape index (κ1) is 11.7. The number of halogens is 1. The van der Waals surface area contributed by atoms with Crippen molar-refractivity contribution in [3.8, 4) is 0 Å². The zero-order chi connectivity index (χ0) is 12.1. The van der Waals surface area contributed by atoms with E-state index in [9.17, 15) is 0 Å². The Hall–Kier alpha value is -1.80. The largest absolute Gasteiger partial charge is 0.286 e. The van der Waals surface area contributed by atoms with Crippen molar-refractivity contribution in [1.29, 1.82) is 0 Å². The molecule has 0 amide bonds. The Kier molecular flexibility index (Phi) is 3.78. The molecule has 2 aromatic rings. The molecule has 2 aromatic carbocycles. The van der Waals surface area contributed by atoms with Crippen LogP contribution in [0.5, 0.6) is 0 Å². The van der Waals surface area contributed by atoms with Crippen LogP contribution in [0.2, 0.25) is 0 Å². The van der Waals surface area contributed by atoms with Gasteiger partial charge in [0.05, 0.1) is 0 Å². The summed E-state index contributed by atoms with van der Waals surface area (Å²) in [6, 6.07) is 19.9. The van der Waals surface area contributed by atoms with Gasteiger partial charge in [-0.25, -0.2) is 0 Å². The third-order valence-corrected chi connectivity index (χ3v) is 2.74. The lowest BCUT2D eigenvalue weighted by atomic mass is 10.2. The van der Waals surface area contributed by atoms with Crippen LogP contribution in [0.4, 0.5) is 11.4 Å². The van der Waals surface area contributed by atoms with Gasteiger partial charge >= 0.3 is 0 Å². The van der Waals surface area contributed by atoms with Crippen LogP contribution in [0.25, 0.3) is 0 Å². The predicted molar refractivity (Wildman–Crippen MR) is 74.2 cm³/mol. The Morgan fingerprint density at radius 2 is 1.29 bits per heavy atom. The summed E-state index contributed by atoms with van der Waals surface area (Å²) in [5.74, 6) is 0. The highest BCUT2D eigenvalue weighted by Crippen LogP contribution is 2.26. The number of rotatable bonds is 2. The molecular formula is C14H13ClN2. The van der Waals surface area contributed by atoms with Crippen LogP contribution in [0.15, 0.2) is 65.7 Å². The van der Waals surface area contributed by atoms with Crippen molar-refractivity contribution >= 4 is 28.3 Å². The molecule has 0 atom stereocenters. The molecule has 3 heteroatoms. The topological polar surface area (TPSA) is 15.6 Å². The monoisotopic (exact) mass is 244 g/mol. The molecule has 0 N–H and O–H groups in total. The third kappa shape index (κ3) is 2.66. The van der Waals surface area contributed by atoms with E-state index >= 15 is 0 Å². The van der Waals surface area contributed by atoms with Crippen molar-refractivity contribution in [1.82, 2.24) is 0 Å². The Balaban J connectivity index is 2.47. The van der Waals surface area contributed by atoms with Crippen molar-refractivity contribution < 1.29 is 0 Å². The van der Waals surface area contributed by atoms with Crippen LogP contribution in [0, 0.1) is 0 Å². The molecule has 0 aromatic heterocycles. The molecule has 0 unspecified atom stereocenters. The Labute approximate surface area is 106 Å². The minimum Gasteiger partial charge on any atom is -0.286 e. The fourth-order valence-electron chi connectivity index (χ4n) is 1.62. The number of nitrogens with zero attached hydrogens (tertiary/aromatic N) is 2. The van der Waals surface area contributed by atoms with Gasteiger partial charge in [0.15, 0.2) is 0 Å². The van der Waals surface area contributed by atoms with E-state index in [0.717, 1.165) is 11.4 Å². The molecule has 0 spiro atoms. The number of anilines is 2. The van der Waals surface area contributed by atoms with Crippen molar-refractivity contribution in [3.05, 3.63) is 60.7 Å². The Bertz CT molecular complexity index is 455. The van der Waals surface area contributed by atoms with Gasteiger partial charge in [-0.3, -0.25) is 9.89 Å². The van der Waals surface area contributed by atoms with E-state index in [-0.39, 0.29) is 0 Å². The van der Waals surface area contributed by atoms with E-state index in [1.165, 1.54) is 0 Å². The molecule has 0 aliphatic rings. The first-order chi connectivity index (χ1) is 8.33. The molecule has 17 heavy (non-hydrogen) atoms. The number of para-hydroxylation sites is 2. The maximum absolute atomic E-state index is 6.18. The van der Waals surface area contributed by atoms with Gasteiger partial charge in [-0.2, -0.15) is 0 Å². The number of hydrogen-bond donors (Lipinski definition) is 0. The first-order valence-electron chi connectivity index (χ1n) is 5.35. The fraction of sp³-hybridized carbons (Fsp3) is 0.0714. The van der Waals surface area contributed by atoms with Crippen LogP contribution in [0.3, 0.4) is 0 Å². The van der Waals surface area contributed by atoms with E-state index in [2.05, 4.69) is 4.99 Å². The van der Waals surface area contributed by atoms with E-state index in [4.69, 9.17) is 11.6 Å². The van der Waals surface area contributed by atoms with Crippen LogP contribution < -0.4 is 4.90 Å². The minimum absolute atomic E-state index is 0.447. The van der Waals surface area contributed by atoms with Crippen LogP contribution in [-0.2, 0) is 0 Å². The number of aliphatic imine (C=N–C) groups is 1. The van der Waals surface area contributed by atoms with E-state index in [1.807, 2.05) is 65.6 Å². The lowest BCUT2D eigenvalue weighted by Gasteiger charge is -2.22. The Morgan fingerprint density at radius 1 is 0.882 bits per heavy atom. The van der Waals surface area contributed by atoms with Gasteiger partial charge in [-0.15, -0.1) is 0 Å². The lowest BCUT2D eigenvalue weighted by Crippen LogP contribution is -2.20. The fourth-order valence-corrected chi connectivity index (χ4v) is 1.81. The zero-order valence-electron chi connectivity index (χ0n) is 9.55. The van der Waals surface area contributed by atoms with Crippen LogP contribution in [0.1, 0.15) is 0 Å². The van der Waals surface area contributed by atoms with Crippen LogP contribution in [-0.4, -0.2) is 12.3 Å². The maximum atomic E-state index is 6.18. The summed E-state index contributed by atoms with van der Waals surface area (Å²) in [5, 5.41) is 0.447. The molecule has 0 saturated carbocycles. The second kappa shape index (κ2) is 5.51. The summed E-state index contributed by atoms with van der Waals surface area (Å²) < 4.78 is 0. The average Bonchev–Trinajstić information content (AvgIpc) is 2.41. The minimum atomic E-state index is 0.447. The molecule has 0 radical (unpaired) electrons. The van der Waals surface area contributed by atoms with Crippen molar-refractivity contribution in [2.45, 2.75) is 0 Å². The molecule has 2 rings (SSSR count). The average molecular weight is 245 g/mol. The van der Waals surface area contributed by atoms with E-state index < -0.39 is 0 Å². The van der Waals surface area contributed by atoms with Crippen molar-refractivity contribution in [3.63, 3.8) is 0 Å². The lowest BCUT2D eigenvalue weighted by molar-refractivity contribution is 1.32. The summed E-state index contributed by atoms with van der Waals surface area (Å²) in [5.41, 5.74) is 1.99. The summed E-state index contributed by atoms with van der Waals surface area (Å²) >= 11 is 6.18. The summed E-state index contributed by atoms with van der Waals surface area (Å²) in [7, 11) is 1.68. The van der Waals surface area contributed by atoms with Gasteiger partial charge < -0.3 is 0 Å². The maximum Gasteiger partial charge on any atom is 0.202 e. The molecule has 2 nitrogen and oxygen atoms in total. The Morgan fingerprint density at radius 3 is 1.65 bits per heavy atom. The van der Waals surface area contributed by atoms with Gasteiger partial charge in [-0.1, -0.05) is 36.4 Å². The number of hydrogen-bond acceptors (Lipinski definition) is 1. The van der Waals surface area contributed by atoms with Gasteiger partial charge in [0.25, 0.3) is 0 Å². The van der Waals surface area contributed by atoms with Crippen LogP contribution >= 0.6 is 11.6 Å². The molecule has 0 aliphatic heterocycles. The van der Waals surface area contributed by atoms with E-state index in [0.29, 0.717) is 5.29 Å². The molecule has 0 aliphatic carbocycles. The van der Waals surface area contributed by atoms with Gasteiger partial charge in [0, 0.05) is 18.4 Å². The number of benzene rings is 2. The van der Waals surface area contributed by atoms with Crippen molar-refractivity contribution in [2.24, 2.45) is 4.99 Å². The predicted octanol–water partition coefficient (Wildman–Crippen LogP) is 4.05. The summed E-state index contributed by atoms with van der Waals surface area (Å²) in [6.07, 6.45) is 0. The van der Waals surface area contributed by atoms with E-state index in [1.54, 1.807) is 7.05 Å². The summed E-state index contributed by atoms with van der Waals surface area (Å²) in [4.78, 5) is 5.95. The molecule has 86 valence electrons. The smallest absolute Gasteiger partial charge is 0.202 e. The standard InChI is InChI=1S/C14H13ClN2/c1-16-14(15)17(12-8-4-2-5-9-12)13-10-6-3-7-11-13/h2-11H,1H3. The third-order valence-electron chi connectivity index (χ3n) is 2.40. The quantitative estimate of drug-likeness (QED) is 0.442. The number of amidine groups is 1. The molecule has 0 bridgehead atoms. The molecule has 0 saturated heterocycles. The molecule has 0 fully saturated rings.